The topological polar surface area (TPSA) is 64.4 Å². The third-order valence-electron chi connectivity index (χ3n) is 4.70. The maximum Gasteiger partial charge on any atom is 0.255 e. The Kier molecular flexibility index (Phi) is 5.46. The van der Waals surface area contributed by atoms with E-state index in [1.165, 1.54) is 0 Å². The third-order valence-corrected chi connectivity index (χ3v) is 5.00. The largest absolute Gasteiger partial charge is 0.492 e. The van der Waals surface area contributed by atoms with Crippen molar-refractivity contribution in [2.24, 2.45) is 0 Å². The molecule has 152 valence electrons. The summed E-state index contributed by atoms with van der Waals surface area (Å²) < 4.78 is 11.4. The molecule has 0 bridgehead atoms. The van der Waals surface area contributed by atoms with E-state index < -0.39 is 0 Å². The van der Waals surface area contributed by atoms with E-state index in [0.717, 1.165) is 27.8 Å². The minimum absolute atomic E-state index is 0.249. The van der Waals surface area contributed by atoms with Gasteiger partial charge in [-0.15, -0.1) is 0 Å². The summed E-state index contributed by atoms with van der Waals surface area (Å²) in [5.74, 6) is 0.861. The van der Waals surface area contributed by atoms with Gasteiger partial charge in [-0.25, -0.2) is 4.98 Å². The Morgan fingerprint density at radius 2 is 1.87 bits per heavy atom. The van der Waals surface area contributed by atoms with E-state index in [2.05, 4.69) is 16.4 Å². The van der Waals surface area contributed by atoms with Crippen LogP contribution in [0.15, 0.2) is 59.0 Å². The third kappa shape index (κ3) is 4.02. The minimum Gasteiger partial charge on any atom is -0.492 e. The zero-order valence-electron chi connectivity index (χ0n) is 17.0. The predicted octanol–water partition coefficient (Wildman–Crippen LogP) is 6.42. The number of benzene rings is 3. The molecule has 4 rings (SSSR count). The zero-order valence-corrected chi connectivity index (χ0v) is 17.7. The molecular weight excluding hydrogens is 400 g/mol. The molecule has 3 aromatic carbocycles. The number of anilines is 1. The first-order valence-electron chi connectivity index (χ1n) is 9.66. The lowest BCUT2D eigenvalue weighted by Gasteiger charge is -2.09. The summed E-state index contributed by atoms with van der Waals surface area (Å²) in [4.78, 5) is 17.1. The highest BCUT2D eigenvalue weighted by molar-refractivity contribution is 6.32. The monoisotopic (exact) mass is 420 g/mol. The van der Waals surface area contributed by atoms with Crippen molar-refractivity contribution in [2.45, 2.75) is 20.8 Å². The second kappa shape index (κ2) is 8.20. The van der Waals surface area contributed by atoms with Gasteiger partial charge in [0, 0.05) is 16.8 Å². The van der Waals surface area contributed by atoms with Crippen LogP contribution >= 0.6 is 11.6 Å². The molecule has 4 aromatic rings. The minimum atomic E-state index is -0.249. The highest BCUT2D eigenvalue weighted by atomic mass is 35.5. The van der Waals surface area contributed by atoms with Crippen molar-refractivity contribution >= 4 is 34.3 Å². The Labute approximate surface area is 179 Å². The first-order chi connectivity index (χ1) is 14.4. The molecule has 0 aliphatic heterocycles. The fourth-order valence-corrected chi connectivity index (χ4v) is 3.55. The highest BCUT2D eigenvalue weighted by Gasteiger charge is 2.12. The molecule has 30 heavy (non-hydrogen) atoms. The maximum atomic E-state index is 12.5. The Bertz CT molecular complexity index is 1230. The summed E-state index contributed by atoms with van der Waals surface area (Å²) in [6, 6.07) is 16.4. The number of hydrogen-bond acceptors (Lipinski definition) is 4. The van der Waals surface area contributed by atoms with Gasteiger partial charge in [-0.05, 0) is 80.4 Å². The van der Waals surface area contributed by atoms with Gasteiger partial charge < -0.3 is 14.5 Å². The van der Waals surface area contributed by atoms with Gasteiger partial charge in [0.05, 0.1) is 11.6 Å². The average molecular weight is 421 g/mol. The first kappa shape index (κ1) is 20.0. The number of aryl methyl sites for hydroxylation is 2. The van der Waals surface area contributed by atoms with Crippen LogP contribution in [0, 0.1) is 13.8 Å². The van der Waals surface area contributed by atoms with E-state index in [4.69, 9.17) is 20.8 Å². The number of aromatic nitrogens is 1. The molecule has 1 N–H and O–H groups in total. The van der Waals surface area contributed by atoms with E-state index in [1.807, 2.05) is 51.1 Å². The molecule has 0 fully saturated rings. The Morgan fingerprint density at radius 1 is 1.10 bits per heavy atom. The van der Waals surface area contributed by atoms with Crippen molar-refractivity contribution in [2.75, 3.05) is 11.9 Å². The lowest BCUT2D eigenvalue weighted by atomic mass is 10.1. The summed E-state index contributed by atoms with van der Waals surface area (Å²) in [5.41, 5.74) is 5.79. The molecule has 5 nitrogen and oxygen atoms in total. The van der Waals surface area contributed by atoms with Gasteiger partial charge in [-0.3, -0.25) is 4.79 Å². The van der Waals surface area contributed by atoms with Gasteiger partial charge >= 0.3 is 0 Å². The number of amides is 1. The Hall–Kier alpha value is -3.31. The normalized spacial score (nSPS) is 10.9. The van der Waals surface area contributed by atoms with E-state index >= 15 is 0 Å². The molecule has 6 heteroatoms. The van der Waals surface area contributed by atoms with E-state index in [-0.39, 0.29) is 5.91 Å². The second-order valence-corrected chi connectivity index (χ2v) is 7.47. The average Bonchev–Trinajstić information content (AvgIpc) is 3.14. The molecule has 0 spiro atoms. The molecule has 0 radical (unpaired) electrons. The lowest BCUT2D eigenvalue weighted by molar-refractivity contribution is 0.102. The number of nitrogens with one attached hydrogen (secondary N) is 1. The van der Waals surface area contributed by atoms with Crippen LogP contribution in [-0.2, 0) is 0 Å². The van der Waals surface area contributed by atoms with Crippen LogP contribution in [0.3, 0.4) is 0 Å². The Morgan fingerprint density at radius 3 is 2.57 bits per heavy atom. The molecule has 1 aromatic heterocycles. The number of carbonyl (C=O) groups excluding carboxylic acids is 1. The predicted molar refractivity (Wildman–Crippen MR) is 119 cm³/mol. The van der Waals surface area contributed by atoms with Crippen LogP contribution < -0.4 is 10.1 Å². The second-order valence-electron chi connectivity index (χ2n) is 7.06. The summed E-state index contributed by atoms with van der Waals surface area (Å²) >= 11 is 6.18. The van der Waals surface area contributed by atoms with Crippen LogP contribution in [0.5, 0.6) is 5.75 Å². The quantitative estimate of drug-likeness (QED) is 0.404. The van der Waals surface area contributed by atoms with Gasteiger partial charge in [0.2, 0.25) is 5.89 Å². The number of rotatable bonds is 5. The van der Waals surface area contributed by atoms with Crippen LogP contribution in [0.2, 0.25) is 5.02 Å². The van der Waals surface area contributed by atoms with Crippen molar-refractivity contribution in [3.63, 3.8) is 0 Å². The van der Waals surface area contributed by atoms with Gasteiger partial charge in [0.25, 0.3) is 5.91 Å². The summed E-state index contributed by atoms with van der Waals surface area (Å²) in [5, 5.41) is 3.27. The molecule has 0 aliphatic rings. The van der Waals surface area contributed by atoms with Gasteiger partial charge in [-0.2, -0.15) is 0 Å². The van der Waals surface area contributed by atoms with Crippen LogP contribution in [0.4, 0.5) is 5.69 Å². The lowest BCUT2D eigenvalue weighted by Crippen LogP contribution is -2.11. The standard InChI is InChI=1S/C24H21ClN2O3/c1-4-29-21-10-7-17(13-19(21)25)23(28)26-18-8-5-16(6-9-18)24-27-20-12-14(2)11-15(3)22(20)30-24/h5-13H,4H2,1-3H3,(H,26,28). The molecule has 1 heterocycles. The van der Waals surface area contributed by atoms with Crippen molar-refractivity contribution in [1.82, 2.24) is 4.98 Å². The fraction of sp³-hybridized carbons (Fsp3) is 0.167. The number of hydrogen-bond donors (Lipinski definition) is 1. The van der Waals surface area contributed by atoms with Crippen LogP contribution in [0.1, 0.15) is 28.4 Å². The van der Waals surface area contributed by atoms with E-state index in [9.17, 15) is 4.79 Å². The van der Waals surface area contributed by atoms with Crippen LogP contribution in [0.25, 0.3) is 22.6 Å². The molecule has 0 unspecified atom stereocenters. The number of carbonyl (C=O) groups is 1. The molecule has 0 atom stereocenters. The van der Waals surface area contributed by atoms with Crippen molar-refractivity contribution < 1.29 is 13.9 Å². The van der Waals surface area contributed by atoms with E-state index in [1.54, 1.807) is 18.2 Å². The Balaban J connectivity index is 1.52. The number of fused-ring (bicyclic) bond motifs is 1. The van der Waals surface area contributed by atoms with E-state index in [0.29, 0.717) is 34.5 Å². The molecule has 0 saturated heterocycles. The molecule has 0 saturated carbocycles. The SMILES string of the molecule is CCOc1ccc(C(=O)Nc2ccc(-c3nc4cc(C)cc(C)c4o3)cc2)cc1Cl. The van der Waals surface area contributed by atoms with Crippen LogP contribution in [-0.4, -0.2) is 17.5 Å². The summed E-state index contributed by atoms with van der Waals surface area (Å²) in [6.07, 6.45) is 0. The number of halogens is 1. The first-order valence-corrected chi connectivity index (χ1v) is 10.0. The molecule has 0 aliphatic carbocycles. The van der Waals surface area contributed by atoms with Crippen molar-refractivity contribution in [3.8, 4) is 17.2 Å². The molecule has 1 amide bonds. The van der Waals surface area contributed by atoms with Gasteiger partial charge in [0.15, 0.2) is 5.58 Å². The number of oxazole rings is 1. The number of nitrogens with zero attached hydrogens (tertiary/aromatic N) is 1. The molecular formula is C24H21ClN2O3. The number of ether oxygens (including phenoxy) is 1. The summed E-state index contributed by atoms with van der Waals surface area (Å²) in [6.45, 7) is 6.44. The maximum absolute atomic E-state index is 12.5. The van der Waals surface area contributed by atoms with Gasteiger partial charge in [-0.1, -0.05) is 17.7 Å². The van der Waals surface area contributed by atoms with Crippen molar-refractivity contribution in [3.05, 3.63) is 76.3 Å². The smallest absolute Gasteiger partial charge is 0.255 e. The zero-order chi connectivity index (χ0) is 21.3. The summed E-state index contributed by atoms with van der Waals surface area (Å²) in [7, 11) is 0. The highest BCUT2D eigenvalue weighted by Crippen LogP contribution is 2.29. The fourth-order valence-electron chi connectivity index (χ4n) is 3.31. The van der Waals surface area contributed by atoms with Gasteiger partial charge in [0.1, 0.15) is 11.3 Å². The van der Waals surface area contributed by atoms with Crippen molar-refractivity contribution in [1.29, 1.82) is 0 Å².